The molecule has 0 fully saturated rings. The Morgan fingerprint density at radius 3 is 1.76 bits per heavy atom. The van der Waals surface area contributed by atoms with Gasteiger partial charge in [0.15, 0.2) is 5.82 Å². The molecule has 206 valence electrons. The van der Waals surface area contributed by atoms with Crippen molar-refractivity contribution < 1.29 is 13.9 Å². The van der Waals surface area contributed by atoms with Gasteiger partial charge in [0, 0.05) is 23.5 Å². The van der Waals surface area contributed by atoms with Crippen LogP contribution in [0.25, 0.3) is 22.5 Å². The van der Waals surface area contributed by atoms with Crippen molar-refractivity contribution in [3.05, 3.63) is 60.9 Å². The first kappa shape index (κ1) is 29.6. The first-order chi connectivity index (χ1) is 18.7. The highest BCUT2D eigenvalue weighted by molar-refractivity contribution is 5.64. The van der Waals surface area contributed by atoms with Crippen LogP contribution in [0.15, 0.2) is 60.9 Å². The molecule has 0 aliphatic carbocycles. The molecule has 2 aromatic carbocycles. The number of hydrogen-bond acceptors (Lipinski definition) is 4. The van der Waals surface area contributed by atoms with E-state index in [-0.39, 0.29) is 6.61 Å². The summed E-state index contributed by atoms with van der Waals surface area (Å²) in [4.78, 5) is 9.10. The predicted octanol–water partition coefficient (Wildman–Crippen LogP) is 9.63. The zero-order valence-corrected chi connectivity index (χ0v) is 23.3. The molecule has 0 saturated heterocycles. The number of ether oxygens (including phenoxy) is 2. The number of alkyl halides is 1. The largest absolute Gasteiger partial charge is 0.494 e. The molecule has 0 amide bonds. The van der Waals surface area contributed by atoms with E-state index < -0.39 is 6.17 Å². The molecule has 0 bridgehead atoms. The molecule has 38 heavy (non-hydrogen) atoms. The fourth-order valence-electron chi connectivity index (χ4n) is 4.38. The Balaban J connectivity index is 1.40. The number of nitrogens with zero attached hydrogens (tertiary/aromatic N) is 2. The van der Waals surface area contributed by atoms with Gasteiger partial charge in [-0.15, -0.1) is 0 Å². The molecule has 3 rings (SSSR count). The number of halogens is 1. The molecule has 5 heteroatoms. The zero-order chi connectivity index (χ0) is 26.8. The maximum atomic E-state index is 13.9. The summed E-state index contributed by atoms with van der Waals surface area (Å²) in [7, 11) is 0. The van der Waals surface area contributed by atoms with E-state index in [2.05, 4.69) is 23.8 Å². The second-order valence-electron chi connectivity index (χ2n) is 10.1. The molecular weight excluding hydrogens is 475 g/mol. The molecule has 0 aliphatic heterocycles. The minimum atomic E-state index is -0.923. The maximum absolute atomic E-state index is 13.9. The average Bonchev–Trinajstić information content (AvgIpc) is 2.96. The number of benzene rings is 2. The van der Waals surface area contributed by atoms with Gasteiger partial charge in [0.25, 0.3) is 0 Å². The van der Waals surface area contributed by atoms with Crippen LogP contribution in [0.4, 0.5) is 4.39 Å². The van der Waals surface area contributed by atoms with E-state index in [4.69, 9.17) is 9.47 Å². The second-order valence-corrected chi connectivity index (χ2v) is 10.1. The van der Waals surface area contributed by atoms with Crippen molar-refractivity contribution in [2.45, 2.75) is 97.1 Å². The molecule has 1 aromatic heterocycles. The molecule has 0 aliphatic rings. The van der Waals surface area contributed by atoms with Gasteiger partial charge in [-0.05, 0) is 54.8 Å². The zero-order valence-electron chi connectivity index (χ0n) is 23.3. The number of aromatic nitrogens is 2. The fraction of sp³-hybridized carbons (Fsp3) is 0.515. The predicted molar refractivity (Wildman–Crippen MR) is 156 cm³/mol. The van der Waals surface area contributed by atoms with Crippen LogP contribution in [-0.2, 0) is 0 Å². The van der Waals surface area contributed by atoms with Crippen LogP contribution < -0.4 is 9.47 Å². The Kier molecular flexibility index (Phi) is 13.7. The fourth-order valence-corrected chi connectivity index (χ4v) is 4.38. The lowest BCUT2D eigenvalue weighted by atomic mass is 10.1. The van der Waals surface area contributed by atoms with E-state index in [1.54, 1.807) is 0 Å². The summed E-state index contributed by atoms with van der Waals surface area (Å²) in [5.74, 6) is 2.21. The summed E-state index contributed by atoms with van der Waals surface area (Å²) in [6.45, 7) is 5.24. The first-order valence-corrected chi connectivity index (χ1v) is 14.6. The highest BCUT2D eigenvalue weighted by atomic mass is 19.1. The Bertz CT molecular complexity index is 1010. The van der Waals surface area contributed by atoms with Gasteiger partial charge in [0.2, 0.25) is 0 Å². The molecule has 1 atom stereocenters. The summed E-state index contributed by atoms with van der Waals surface area (Å²) in [5, 5.41) is 0. The third-order valence-electron chi connectivity index (χ3n) is 6.77. The maximum Gasteiger partial charge on any atom is 0.159 e. The smallest absolute Gasteiger partial charge is 0.159 e. The minimum Gasteiger partial charge on any atom is -0.494 e. The van der Waals surface area contributed by atoms with Crippen molar-refractivity contribution in [3.63, 3.8) is 0 Å². The molecule has 0 radical (unpaired) electrons. The molecule has 1 heterocycles. The van der Waals surface area contributed by atoms with Gasteiger partial charge in [-0.25, -0.2) is 14.4 Å². The van der Waals surface area contributed by atoms with Crippen LogP contribution in [0, 0.1) is 0 Å². The lowest BCUT2D eigenvalue weighted by Gasteiger charge is -2.11. The summed E-state index contributed by atoms with van der Waals surface area (Å²) >= 11 is 0. The highest BCUT2D eigenvalue weighted by Gasteiger charge is 2.08. The van der Waals surface area contributed by atoms with Crippen molar-refractivity contribution in [3.8, 4) is 34.0 Å². The third-order valence-corrected chi connectivity index (χ3v) is 6.77. The van der Waals surface area contributed by atoms with Crippen molar-refractivity contribution >= 4 is 0 Å². The molecule has 0 spiro atoms. The minimum absolute atomic E-state index is 0.0945. The summed E-state index contributed by atoms with van der Waals surface area (Å²) in [6.07, 6.45) is 16.8. The highest BCUT2D eigenvalue weighted by Crippen LogP contribution is 2.24. The van der Waals surface area contributed by atoms with E-state index in [1.165, 1.54) is 44.9 Å². The van der Waals surface area contributed by atoms with Crippen LogP contribution in [-0.4, -0.2) is 29.4 Å². The number of hydrogen-bond donors (Lipinski definition) is 0. The van der Waals surface area contributed by atoms with Crippen molar-refractivity contribution in [1.29, 1.82) is 0 Å². The summed E-state index contributed by atoms with van der Waals surface area (Å²) in [6, 6.07) is 15.6. The molecule has 3 aromatic rings. The van der Waals surface area contributed by atoms with Gasteiger partial charge >= 0.3 is 0 Å². The lowest BCUT2D eigenvalue weighted by Crippen LogP contribution is -2.12. The standard InChI is InChI=1S/C33H45FN2O2/c1-3-5-7-8-9-10-11-13-23-37-31-19-15-27(16-20-31)29-24-35-33(36-25-29)28-17-21-32(22-18-28)38-26-30(34)14-12-6-4-2/h15-22,24-25,30H,3-14,23,26H2,1-2H3. The SMILES string of the molecule is CCCCCCCCCCOc1ccc(-c2cnc(-c3ccc(OCC(F)CCCCC)cc3)nc2)cc1. The second kappa shape index (κ2) is 17.5. The van der Waals surface area contributed by atoms with Crippen molar-refractivity contribution in [2.75, 3.05) is 13.2 Å². The van der Waals surface area contributed by atoms with Crippen LogP contribution in [0.3, 0.4) is 0 Å². The van der Waals surface area contributed by atoms with Crippen LogP contribution in [0.5, 0.6) is 11.5 Å². The van der Waals surface area contributed by atoms with Gasteiger partial charge in [-0.1, -0.05) is 90.2 Å². The average molecular weight is 521 g/mol. The van der Waals surface area contributed by atoms with Crippen LogP contribution in [0.1, 0.15) is 90.9 Å². The number of rotatable bonds is 19. The Hall–Kier alpha value is -2.95. The third kappa shape index (κ3) is 10.8. The Labute approximate surface area is 229 Å². The van der Waals surface area contributed by atoms with Gasteiger partial charge < -0.3 is 9.47 Å². The van der Waals surface area contributed by atoms with E-state index in [9.17, 15) is 4.39 Å². The quantitative estimate of drug-likeness (QED) is 0.148. The van der Waals surface area contributed by atoms with E-state index in [1.807, 2.05) is 60.9 Å². The molecule has 0 N–H and O–H groups in total. The Morgan fingerprint density at radius 1 is 0.605 bits per heavy atom. The van der Waals surface area contributed by atoms with Gasteiger partial charge in [0.1, 0.15) is 24.3 Å². The van der Waals surface area contributed by atoms with Crippen molar-refractivity contribution in [1.82, 2.24) is 9.97 Å². The molecule has 1 unspecified atom stereocenters. The topological polar surface area (TPSA) is 44.2 Å². The van der Waals surface area contributed by atoms with Gasteiger partial charge in [-0.2, -0.15) is 0 Å². The normalized spacial score (nSPS) is 11.9. The summed E-state index contributed by atoms with van der Waals surface area (Å²) < 4.78 is 25.5. The first-order valence-electron chi connectivity index (χ1n) is 14.6. The van der Waals surface area contributed by atoms with E-state index >= 15 is 0 Å². The van der Waals surface area contributed by atoms with Gasteiger partial charge in [0.05, 0.1) is 6.61 Å². The Morgan fingerprint density at radius 2 is 1.13 bits per heavy atom. The monoisotopic (exact) mass is 520 g/mol. The molecule has 4 nitrogen and oxygen atoms in total. The van der Waals surface area contributed by atoms with Crippen LogP contribution in [0.2, 0.25) is 0 Å². The van der Waals surface area contributed by atoms with Crippen LogP contribution >= 0.6 is 0 Å². The number of unbranched alkanes of at least 4 members (excludes halogenated alkanes) is 9. The molecule has 0 saturated carbocycles. The van der Waals surface area contributed by atoms with Crippen molar-refractivity contribution in [2.24, 2.45) is 0 Å². The van der Waals surface area contributed by atoms with Gasteiger partial charge in [-0.3, -0.25) is 0 Å². The van der Waals surface area contributed by atoms with E-state index in [0.29, 0.717) is 18.0 Å². The summed E-state index contributed by atoms with van der Waals surface area (Å²) in [5.41, 5.74) is 2.91. The lowest BCUT2D eigenvalue weighted by molar-refractivity contribution is 0.184. The van der Waals surface area contributed by atoms with E-state index in [0.717, 1.165) is 54.7 Å². The molecular formula is C33H45FN2O2.